The molecule has 1 nitrogen and oxygen atoms in total. The van der Waals surface area contributed by atoms with Gasteiger partial charge in [-0.15, -0.1) is 0 Å². The van der Waals surface area contributed by atoms with Gasteiger partial charge in [0.15, 0.2) is 0 Å². The van der Waals surface area contributed by atoms with Gasteiger partial charge >= 0.3 is 0 Å². The largest absolute Gasteiger partial charge is 0.306 e. The third kappa shape index (κ3) is 5.29. The molecule has 2 heteroatoms. The van der Waals surface area contributed by atoms with Crippen LogP contribution in [0.2, 0.25) is 0 Å². The van der Waals surface area contributed by atoms with Gasteiger partial charge in [0.1, 0.15) is 0 Å². The van der Waals surface area contributed by atoms with Gasteiger partial charge in [0, 0.05) is 17.1 Å². The lowest BCUT2D eigenvalue weighted by Gasteiger charge is -2.15. The molecule has 0 radical (unpaired) electrons. The van der Waals surface area contributed by atoms with E-state index in [-0.39, 0.29) is 0 Å². The topological polar surface area (TPSA) is 12.0 Å². The maximum absolute atomic E-state index is 3.58. The van der Waals surface area contributed by atoms with E-state index in [9.17, 15) is 0 Å². The second-order valence-corrected chi connectivity index (χ2v) is 6.98. The molecule has 112 valence electrons. The second-order valence-electron chi connectivity index (χ2n) is 6.07. The maximum atomic E-state index is 3.58. The van der Waals surface area contributed by atoms with E-state index in [1.165, 1.54) is 16.7 Å². The number of hydrogen-bond donors (Lipinski definition) is 1. The summed E-state index contributed by atoms with van der Waals surface area (Å²) in [5.41, 5.74) is 4.08. The molecule has 0 bridgehead atoms. The van der Waals surface area contributed by atoms with Crippen molar-refractivity contribution in [2.24, 2.45) is 5.92 Å². The number of hydrogen-bond acceptors (Lipinski definition) is 1. The van der Waals surface area contributed by atoms with Gasteiger partial charge in [-0.2, -0.15) is 0 Å². The van der Waals surface area contributed by atoms with Crippen molar-refractivity contribution in [1.82, 2.24) is 5.32 Å². The van der Waals surface area contributed by atoms with Gasteiger partial charge in [-0.05, 0) is 48.1 Å². The van der Waals surface area contributed by atoms with Crippen LogP contribution >= 0.6 is 15.9 Å². The van der Waals surface area contributed by atoms with E-state index in [4.69, 9.17) is 0 Å². The lowest BCUT2D eigenvalue weighted by atomic mass is 10.0. The second kappa shape index (κ2) is 7.77. The first kappa shape index (κ1) is 16.3. The van der Waals surface area contributed by atoms with Crippen molar-refractivity contribution >= 4 is 15.9 Å². The Labute approximate surface area is 136 Å². The monoisotopic (exact) mass is 345 g/mol. The Morgan fingerprint density at radius 1 is 0.857 bits per heavy atom. The van der Waals surface area contributed by atoms with Crippen LogP contribution < -0.4 is 5.32 Å². The predicted octanol–water partition coefficient (Wildman–Crippen LogP) is 5.50. The van der Waals surface area contributed by atoms with Crippen LogP contribution in [0.5, 0.6) is 0 Å². The first-order chi connectivity index (χ1) is 10.0. The van der Waals surface area contributed by atoms with Crippen LogP contribution in [0.3, 0.4) is 0 Å². The molecular weight excluding hydrogens is 322 g/mol. The molecule has 1 atom stereocenters. The minimum Gasteiger partial charge on any atom is -0.306 e. The van der Waals surface area contributed by atoms with Gasteiger partial charge < -0.3 is 5.32 Å². The Morgan fingerprint density at radius 3 is 2.00 bits per heavy atom. The molecule has 21 heavy (non-hydrogen) atoms. The molecular formula is C19H24BrN. The van der Waals surface area contributed by atoms with Crippen molar-refractivity contribution in [3.63, 3.8) is 0 Å². The standard InChI is InChI=1S/C19H24BrN/c1-14(2)12-16-4-6-17(7-5-16)13-21-15(3)18-8-10-19(20)11-9-18/h4-11,14-15,21H,12-13H2,1-3H3/t15-/m1/s1. The molecule has 0 fully saturated rings. The molecule has 0 aliphatic heterocycles. The molecule has 0 saturated heterocycles. The molecule has 2 aromatic rings. The van der Waals surface area contributed by atoms with Gasteiger partial charge in [-0.1, -0.05) is 66.2 Å². The van der Waals surface area contributed by atoms with Gasteiger partial charge in [0.05, 0.1) is 0 Å². The number of halogens is 1. The summed E-state index contributed by atoms with van der Waals surface area (Å²) in [6, 6.07) is 17.8. The molecule has 2 aromatic carbocycles. The first-order valence-electron chi connectivity index (χ1n) is 7.61. The first-order valence-corrected chi connectivity index (χ1v) is 8.40. The fourth-order valence-corrected chi connectivity index (χ4v) is 2.67. The molecule has 0 unspecified atom stereocenters. The summed E-state index contributed by atoms with van der Waals surface area (Å²) in [5, 5.41) is 3.58. The van der Waals surface area contributed by atoms with Crippen LogP contribution in [-0.2, 0) is 13.0 Å². The van der Waals surface area contributed by atoms with Crippen LogP contribution in [0.4, 0.5) is 0 Å². The minimum absolute atomic E-state index is 0.355. The predicted molar refractivity (Wildman–Crippen MR) is 94.4 cm³/mol. The summed E-state index contributed by atoms with van der Waals surface area (Å²) in [7, 11) is 0. The number of benzene rings is 2. The van der Waals surface area contributed by atoms with Gasteiger partial charge in [0.25, 0.3) is 0 Å². The minimum atomic E-state index is 0.355. The summed E-state index contributed by atoms with van der Waals surface area (Å²) in [6.45, 7) is 7.63. The normalized spacial score (nSPS) is 12.6. The van der Waals surface area contributed by atoms with Crippen molar-refractivity contribution in [2.45, 2.75) is 39.8 Å². The van der Waals surface area contributed by atoms with E-state index in [1.54, 1.807) is 0 Å². The fraction of sp³-hybridized carbons (Fsp3) is 0.368. The van der Waals surface area contributed by atoms with Gasteiger partial charge in [0.2, 0.25) is 0 Å². The molecule has 0 amide bonds. The summed E-state index contributed by atoms with van der Waals surface area (Å²) in [5.74, 6) is 0.714. The van der Waals surface area contributed by atoms with Crippen molar-refractivity contribution in [3.05, 3.63) is 69.7 Å². The third-order valence-electron chi connectivity index (χ3n) is 3.65. The summed E-state index contributed by atoms with van der Waals surface area (Å²) < 4.78 is 1.12. The highest BCUT2D eigenvalue weighted by Gasteiger charge is 2.05. The average Bonchev–Trinajstić information content (AvgIpc) is 2.46. The van der Waals surface area contributed by atoms with Crippen molar-refractivity contribution < 1.29 is 0 Å². The van der Waals surface area contributed by atoms with Crippen molar-refractivity contribution in [1.29, 1.82) is 0 Å². The Bertz CT molecular complexity index is 543. The molecule has 0 saturated carbocycles. The molecule has 0 aromatic heterocycles. The summed E-state index contributed by atoms with van der Waals surface area (Å²) >= 11 is 3.47. The Balaban J connectivity index is 1.88. The van der Waals surface area contributed by atoms with E-state index >= 15 is 0 Å². The molecule has 0 heterocycles. The SMILES string of the molecule is CC(C)Cc1ccc(CN[C@H](C)c2ccc(Br)cc2)cc1. The maximum Gasteiger partial charge on any atom is 0.0294 e. The Hall–Kier alpha value is -1.12. The molecule has 1 N–H and O–H groups in total. The van der Waals surface area contributed by atoms with Crippen LogP contribution in [0, 0.1) is 5.92 Å². The Morgan fingerprint density at radius 2 is 1.43 bits per heavy atom. The molecule has 0 aliphatic carbocycles. The average molecular weight is 346 g/mol. The quantitative estimate of drug-likeness (QED) is 0.728. The van der Waals surface area contributed by atoms with Crippen molar-refractivity contribution in [3.8, 4) is 0 Å². The molecule has 2 rings (SSSR count). The lowest BCUT2D eigenvalue weighted by molar-refractivity contribution is 0.574. The van der Waals surface area contributed by atoms with Crippen LogP contribution in [0.15, 0.2) is 53.0 Å². The van der Waals surface area contributed by atoms with Gasteiger partial charge in [-0.3, -0.25) is 0 Å². The lowest BCUT2D eigenvalue weighted by Crippen LogP contribution is -2.18. The van der Waals surface area contributed by atoms with Crippen LogP contribution in [-0.4, -0.2) is 0 Å². The van der Waals surface area contributed by atoms with E-state index in [1.807, 2.05) is 0 Å². The Kier molecular flexibility index (Phi) is 6.01. The van der Waals surface area contributed by atoms with Crippen molar-refractivity contribution in [2.75, 3.05) is 0 Å². The van der Waals surface area contributed by atoms with Crippen LogP contribution in [0.1, 0.15) is 43.5 Å². The van der Waals surface area contributed by atoms with Gasteiger partial charge in [-0.25, -0.2) is 0 Å². The highest BCUT2D eigenvalue weighted by atomic mass is 79.9. The summed E-state index contributed by atoms with van der Waals surface area (Å²) in [6.07, 6.45) is 1.16. The summed E-state index contributed by atoms with van der Waals surface area (Å²) in [4.78, 5) is 0. The highest BCUT2D eigenvalue weighted by Crippen LogP contribution is 2.17. The fourth-order valence-electron chi connectivity index (χ4n) is 2.40. The zero-order chi connectivity index (χ0) is 15.2. The van der Waals surface area contributed by atoms with E-state index in [0.29, 0.717) is 12.0 Å². The number of rotatable bonds is 6. The zero-order valence-corrected chi connectivity index (χ0v) is 14.7. The van der Waals surface area contributed by atoms with Crippen LogP contribution in [0.25, 0.3) is 0 Å². The smallest absolute Gasteiger partial charge is 0.0294 e. The number of nitrogens with one attached hydrogen (secondary N) is 1. The van der Waals surface area contributed by atoms with E-state index in [2.05, 4.69) is 90.5 Å². The molecule has 0 aliphatic rings. The molecule has 0 spiro atoms. The third-order valence-corrected chi connectivity index (χ3v) is 4.18. The van der Waals surface area contributed by atoms with E-state index in [0.717, 1.165) is 17.4 Å². The zero-order valence-electron chi connectivity index (χ0n) is 13.1. The highest BCUT2D eigenvalue weighted by molar-refractivity contribution is 9.10. The van der Waals surface area contributed by atoms with E-state index < -0.39 is 0 Å².